The van der Waals surface area contributed by atoms with Crippen molar-refractivity contribution in [3.05, 3.63) is 50.7 Å². The largest absolute Gasteiger partial charge is 0.365 e. The Hall–Kier alpha value is -2.49. The maximum absolute atomic E-state index is 13.8. The van der Waals surface area contributed by atoms with E-state index in [1.54, 1.807) is 0 Å². The highest BCUT2D eigenvalue weighted by Crippen LogP contribution is 2.39. The van der Waals surface area contributed by atoms with Gasteiger partial charge >= 0.3 is 0 Å². The topological polar surface area (TPSA) is 72.2 Å². The third kappa shape index (κ3) is 3.18. The summed E-state index contributed by atoms with van der Waals surface area (Å²) < 4.78 is 67.4. The van der Waals surface area contributed by atoms with Crippen molar-refractivity contribution in [2.75, 3.05) is 5.32 Å². The van der Waals surface area contributed by atoms with Crippen LogP contribution in [0.3, 0.4) is 0 Å². The number of halogens is 5. The van der Waals surface area contributed by atoms with Gasteiger partial charge in [0.2, 0.25) is 5.82 Å². The molecule has 2 aromatic rings. The summed E-state index contributed by atoms with van der Waals surface area (Å²) in [5, 5.41) is 2.01. The molecule has 0 saturated carbocycles. The van der Waals surface area contributed by atoms with Crippen molar-refractivity contribution in [3.63, 3.8) is 0 Å². The molecule has 3 N–H and O–H groups in total. The molecule has 0 saturated heterocycles. The summed E-state index contributed by atoms with van der Waals surface area (Å²) in [7, 11) is 0. The van der Waals surface area contributed by atoms with Crippen molar-refractivity contribution >= 4 is 28.2 Å². The Balaban J connectivity index is 2.05. The standard InChI is InChI=1S/C17H13F5N2O2S/c1-5-2-3-6-7(4-5)27-17(8(6)15(23)25)24-16(26)9-10(18)12(20)14(22)13(21)11(9)19/h5H,2-4H2,1H3,(H2,23,25)(H,24,26). The normalized spacial score (nSPS) is 16.1. The molecule has 0 fully saturated rings. The number of nitrogens with two attached hydrogens (primary N) is 1. The summed E-state index contributed by atoms with van der Waals surface area (Å²) >= 11 is 1.00. The molecule has 0 spiro atoms. The molecule has 1 aliphatic carbocycles. The van der Waals surface area contributed by atoms with Gasteiger partial charge in [-0.05, 0) is 30.7 Å². The summed E-state index contributed by atoms with van der Waals surface area (Å²) in [5.74, 6) is -13.4. The number of thiophene rings is 1. The smallest absolute Gasteiger partial charge is 0.262 e. The second-order valence-electron chi connectivity index (χ2n) is 6.32. The van der Waals surface area contributed by atoms with Crippen LogP contribution < -0.4 is 11.1 Å². The maximum atomic E-state index is 13.8. The average molecular weight is 404 g/mol. The lowest BCUT2D eigenvalue weighted by atomic mass is 9.88. The summed E-state index contributed by atoms with van der Waals surface area (Å²) in [5.41, 5.74) is 4.37. The first-order chi connectivity index (χ1) is 12.6. The van der Waals surface area contributed by atoms with Crippen molar-refractivity contribution in [2.45, 2.75) is 26.2 Å². The number of amides is 2. The Morgan fingerprint density at radius 3 is 2.11 bits per heavy atom. The van der Waals surface area contributed by atoms with Gasteiger partial charge in [-0.25, -0.2) is 22.0 Å². The molecule has 1 aromatic heterocycles. The van der Waals surface area contributed by atoms with Gasteiger partial charge in [-0.1, -0.05) is 6.92 Å². The van der Waals surface area contributed by atoms with E-state index >= 15 is 0 Å². The molecule has 2 amide bonds. The van der Waals surface area contributed by atoms with Crippen LogP contribution in [0.1, 0.15) is 44.5 Å². The van der Waals surface area contributed by atoms with Crippen molar-refractivity contribution in [3.8, 4) is 0 Å². The van der Waals surface area contributed by atoms with Crippen molar-refractivity contribution in [1.29, 1.82) is 0 Å². The van der Waals surface area contributed by atoms with Crippen molar-refractivity contribution < 1.29 is 31.5 Å². The van der Waals surface area contributed by atoms with Gasteiger partial charge < -0.3 is 11.1 Å². The van der Waals surface area contributed by atoms with E-state index in [2.05, 4.69) is 5.32 Å². The molecule has 1 aromatic carbocycles. The number of primary amides is 1. The average Bonchev–Trinajstić information content (AvgIpc) is 2.95. The lowest BCUT2D eigenvalue weighted by molar-refractivity contribution is 0.1000. The molecule has 1 aliphatic rings. The van der Waals surface area contributed by atoms with E-state index in [0.717, 1.165) is 22.6 Å². The van der Waals surface area contributed by atoms with Crippen LogP contribution in [0.2, 0.25) is 0 Å². The predicted octanol–water partition coefficient (Wildman–Crippen LogP) is 3.92. The first-order valence-corrected chi connectivity index (χ1v) is 8.72. The van der Waals surface area contributed by atoms with Gasteiger partial charge in [-0.3, -0.25) is 9.59 Å². The first-order valence-electron chi connectivity index (χ1n) is 7.90. The van der Waals surface area contributed by atoms with Gasteiger partial charge in [-0.2, -0.15) is 0 Å². The van der Waals surface area contributed by atoms with Crippen LogP contribution in [-0.2, 0) is 12.8 Å². The molecular weight excluding hydrogens is 391 g/mol. The highest BCUT2D eigenvalue weighted by Gasteiger charge is 2.32. The number of carbonyl (C=O) groups excluding carboxylic acids is 2. The summed E-state index contributed by atoms with van der Waals surface area (Å²) in [6.45, 7) is 2.00. The van der Waals surface area contributed by atoms with Crippen LogP contribution in [-0.4, -0.2) is 11.8 Å². The number of carbonyl (C=O) groups is 2. The predicted molar refractivity (Wildman–Crippen MR) is 88.2 cm³/mol. The van der Waals surface area contributed by atoms with Crippen LogP contribution in [0.15, 0.2) is 0 Å². The van der Waals surface area contributed by atoms with Crippen LogP contribution in [0, 0.1) is 35.0 Å². The van der Waals surface area contributed by atoms with E-state index in [9.17, 15) is 31.5 Å². The zero-order valence-electron chi connectivity index (χ0n) is 13.9. The summed E-state index contributed by atoms with van der Waals surface area (Å²) in [4.78, 5) is 24.8. The van der Waals surface area contributed by atoms with Gasteiger partial charge in [0.1, 0.15) is 10.6 Å². The number of hydrogen-bond donors (Lipinski definition) is 2. The molecule has 0 aliphatic heterocycles. The number of anilines is 1. The van der Waals surface area contributed by atoms with Gasteiger partial charge in [-0.15, -0.1) is 11.3 Å². The number of hydrogen-bond acceptors (Lipinski definition) is 3. The first kappa shape index (κ1) is 19.3. The Morgan fingerprint density at radius 2 is 1.56 bits per heavy atom. The zero-order valence-corrected chi connectivity index (χ0v) is 14.7. The highest BCUT2D eigenvalue weighted by atomic mass is 32.1. The van der Waals surface area contributed by atoms with Crippen LogP contribution >= 0.6 is 11.3 Å². The van der Waals surface area contributed by atoms with E-state index < -0.39 is 46.5 Å². The van der Waals surface area contributed by atoms with Crippen LogP contribution in [0.5, 0.6) is 0 Å². The SMILES string of the molecule is CC1CCc2c(sc(NC(=O)c3c(F)c(F)c(F)c(F)c3F)c2C(N)=O)C1. The zero-order chi connectivity index (χ0) is 20.0. The van der Waals surface area contributed by atoms with E-state index in [0.29, 0.717) is 24.3 Å². The molecule has 1 unspecified atom stereocenters. The van der Waals surface area contributed by atoms with E-state index in [1.807, 2.05) is 6.92 Å². The fourth-order valence-corrected chi connectivity index (χ4v) is 4.48. The molecule has 0 radical (unpaired) electrons. The number of rotatable bonds is 3. The molecule has 4 nitrogen and oxygen atoms in total. The Labute approximate surface area is 154 Å². The maximum Gasteiger partial charge on any atom is 0.262 e. The minimum absolute atomic E-state index is 0.000813. The lowest BCUT2D eigenvalue weighted by Crippen LogP contribution is -2.22. The van der Waals surface area contributed by atoms with Crippen LogP contribution in [0.25, 0.3) is 0 Å². The molecule has 3 rings (SSSR count). The third-order valence-corrected chi connectivity index (χ3v) is 5.59. The summed E-state index contributed by atoms with van der Waals surface area (Å²) in [6, 6.07) is 0. The number of benzene rings is 1. The van der Waals surface area contributed by atoms with E-state index in [-0.39, 0.29) is 10.6 Å². The molecule has 27 heavy (non-hydrogen) atoms. The Kier molecular flexibility index (Phi) is 4.94. The Morgan fingerprint density at radius 1 is 1.00 bits per heavy atom. The third-order valence-electron chi connectivity index (χ3n) is 4.42. The minimum Gasteiger partial charge on any atom is -0.365 e. The van der Waals surface area contributed by atoms with Crippen molar-refractivity contribution in [1.82, 2.24) is 0 Å². The molecule has 10 heteroatoms. The van der Waals surface area contributed by atoms with Gasteiger partial charge in [0.25, 0.3) is 11.8 Å². The van der Waals surface area contributed by atoms with Gasteiger partial charge in [0.05, 0.1) is 5.56 Å². The minimum atomic E-state index is -2.36. The van der Waals surface area contributed by atoms with Crippen LogP contribution in [0.4, 0.5) is 27.0 Å². The fourth-order valence-electron chi connectivity index (χ4n) is 3.07. The molecule has 0 bridgehead atoms. The number of nitrogens with one attached hydrogen (secondary N) is 1. The van der Waals surface area contributed by atoms with E-state index in [1.165, 1.54) is 0 Å². The second kappa shape index (κ2) is 6.91. The van der Waals surface area contributed by atoms with E-state index in [4.69, 9.17) is 5.73 Å². The van der Waals surface area contributed by atoms with Gasteiger partial charge in [0.15, 0.2) is 23.3 Å². The second-order valence-corrected chi connectivity index (χ2v) is 7.42. The fraction of sp³-hybridized carbons (Fsp3) is 0.294. The number of fused-ring (bicyclic) bond motifs is 1. The molecule has 1 heterocycles. The van der Waals surface area contributed by atoms with Crippen molar-refractivity contribution in [2.24, 2.45) is 11.7 Å². The summed E-state index contributed by atoms with van der Waals surface area (Å²) in [6.07, 6.45) is 1.94. The van der Waals surface area contributed by atoms with Gasteiger partial charge in [0, 0.05) is 4.88 Å². The monoisotopic (exact) mass is 404 g/mol. The lowest BCUT2D eigenvalue weighted by Gasteiger charge is -2.18. The molecule has 144 valence electrons. The highest BCUT2D eigenvalue weighted by molar-refractivity contribution is 7.17. The molecule has 1 atom stereocenters. The Bertz CT molecular complexity index is 944. The molecular formula is C17H13F5N2O2S. The quantitative estimate of drug-likeness (QED) is 0.462.